The van der Waals surface area contributed by atoms with Crippen LogP contribution in [0.4, 0.5) is 9.59 Å². The van der Waals surface area contributed by atoms with E-state index in [1.54, 1.807) is 41.5 Å². The summed E-state index contributed by atoms with van der Waals surface area (Å²) in [5, 5.41) is 22.5. The van der Waals surface area contributed by atoms with Crippen molar-refractivity contribution in [3.8, 4) is 11.1 Å². The monoisotopic (exact) mass is 1650 g/mol. The van der Waals surface area contributed by atoms with Crippen molar-refractivity contribution in [1.29, 1.82) is 0 Å². The third-order valence-corrected chi connectivity index (χ3v) is 21.2. The van der Waals surface area contributed by atoms with Gasteiger partial charge in [0, 0.05) is 102 Å². The Labute approximate surface area is 706 Å². The fourth-order valence-electron chi connectivity index (χ4n) is 15.5. The van der Waals surface area contributed by atoms with Gasteiger partial charge in [-0.3, -0.25) is 58.0 Å². The van der Waals surface area contributed by atoms with Crippen molar-refractivity contribution in [1.82, 2.24) is 56.8 Å². The van der Waals surface area contributed by atoms with Gasteiger partial charge in [-0.15, -0.1) is 0 Å². The Balaban J connectivity index is 0.961. The van der Waals surface area contributed by atoms with Gasteiger partial charge in [-0.2, -0.15) is 0 Å². The number of carbonyl (C=O) groups is 11. The van der Waals surface area contributed by atoms with Crippen LogP contribution in [0.3, 0.4) is 0 Å². The van der Waals surface area contributed by atoms with E-state index >= 15 is 0 Å². The summed E-state index contributed by atoms with van der Waals surface area (Å²) in [5.41, 5.74) is 2.03. The second-order valence-electron chi connectivity index (χ2n) is 37.9. The number of ether oxygens (including phenoxy) is 5. The fraction of sp³-hybridized carbons (Fsp3) is 0.641. The highest BCUT2D eigenvalue weighted by Crippen LogP contribution is 2.44. The molecule has 0 bridgehead atoms. The number of hydrogen-bond donors (Lipinski definition) is 7. The summed E-state index contributed by atoms with van der Waals surface area (Å²) in [6.07, 6.45) is 3.60. The Kier molecular flexibility index (Phi) is 36.7. The average Bonchev–Trinajstić information content (AvgIpc) is 1.62. The maximum atomic E-state index is 14.5. The molecule has 3 unspecified atom stereocenters. The number of rotatable bonds is 35. The predicted molar refractivity (Wildman–Crippen MR) is 461 cm³/mol. The van der Waals surface area contributed by atoms with Crippen molar-refractivity contribution >= 4 is 76.2 Å². The van der Waals surface area contributed by atoms with E-state index in [-0.39, 0.29) is 130 Å². The zero-order valence-corrected chi connectivity index (χ0v) is 74.3. The van der Waals surface area contributed by atoms with Gasteiger partial charge in [0.15, 0.2) is 5.78 Å². The summed E-state index contributed by atoms with van der Waals surface area (Å²) in [6.45, 7) is 38.4. The van der Waals surface area contributed by atoms with Crippen LogP contribution in [-0.2, 0) is 73.3 Å². The van der Waals surface area contributed by atoms with Crippen LogP contribution < -0.4 is 37.2 Å². The molecule has 1 aliphatic heterocycles. The van der Waals surface area contributed by atoms with Crippen LogP contribution >= 0.6 is 0 Å². The first-order valence-electron chi connectivity index (χ1n) is 42.9. The van der Waals surface area contributed by atoms with Gasteiger partial charge in [0.1, 0.15) is 47.1 Å². The second-order valence-corrected chi connectivity index (χ2v) is 37.9. The van der Waals surface area contributed by atoms with Crippen LogP contribution in [0.2, 0.25) is 0 Å². The fourth-order valence-corrected chi connectivity index (χ4v) is 15.5. The third-order valence-electron chi connectivity index (χ3n) is 21.2. The number of ketones is 1. The number of esters is 4. The predicted octanol–water partition coefficient (Wildman–Crippen LogP) is 11.1. The lowest BCUT2D eigenvalue weighted by Gasteiger charge is -2.41. The Hall–Kier alpha value is -9.05. The number of unbranched alkanes of at least 4 members (excludes halogenated alkanes) is 2. The molecule has 1 saturated heterocycles. The molecule has 7 rings (SSSR count). The highest BCUT2D eigenvalue weighted by Gasteiger charge is 2.37. The van der Waals surface area contributed by atoms with E-state index < -0.39 is 88.4 Å². The Morgan fingerprint density at radius 1 is 0.479 bits per heavy atom. The molecule has 1 heterocycles. The first-order valence-corrected chi connectivity index (χ1v) is 42.9. The zero-order chi connectivity index (χ0) is 87.6. The lowest BCUT2D eigenvalue weighted by atomic mass is 9.81. The number of nitrogens with one attached hydrogen (secondary N) is 7. The summed E-state index contributed by atoms with van der Waals surface area (Å²) in [5.74, 6) is -4.18. The second kappa shape index (κ2) is 45.0. The lowest BCUT2D eigenvalue weighted by molar-refractivity contribution is -0.159. The Morgan fingerprint density at radius 3 is 1.55 bits per heavy atom. The maximum absolute atomic E-state index is 14.5. The molecule has 6 atom stereocenters. The van der Waals surface area contributed by atoms with E-state index in [1.807, 2.05) is 125 Å². The smallest absolute Gasteiger partial charge is 0.407 e. The molecule has 4 aromatic carbocycles. The van der Waals surface area contributed by atoms with Crippen LogP contribution in [-0.4, -0.2) is 235 Å². The van der Waals surface area contributed by atoms with Gasteiger partial charge >= 0.3 is 36.0 Å². The quantitative estimate of drug-likeness (QED) is 0.0128. The van der Waals surface area contributed by atoms with E-state index in [1.165, 1.54) is 6.92 Å². The van der Waals surface area contributed by atoms with Crippen molar-refractivity contribution < 1.29 is 76.4 Å². The Bertz CT molecular complexity index is 4010. The van der Waals surface area contributed by atoms with E-state index in [2.05, 4.69) is 98.7 Å². The number of benzene rings is 4. The molecular weight excluding hydrogens is 1520 g/mol. The van der Waals surface area contributed by atoms with Gasteiger partial charge in [0.05, 0.1) is 25.7 Å². The molecule has 27 heteroatoms. The van der Waals surface area contributed by atoms with Gasteiger partial charge in [0.25, 0.3) is 0 Å². The number of urea groups is 1. The Morgan fingerprint density at radius 2 is 0.983 bits per heavy atom. The number of amides is 7. The molecule has 7 N–H and O–H groups in total. The molecular formula is C92H139N11O16. The summed E-state index contributed by atoms with van der Waals surface area (Å²) in [4.78, 5) is 159. The maximum Gasteiger partial charge on any atom is 0.407 e. The van der Waals surface area contributed by atoms with Gasteiger partial charge in [-0.1, -0.05) is 112 Å². The molecule has 0 aromatic heterocycles. The molecule has 27 nitrogen and oxygen atoms in total. The van der Waals surface area contributed by atoms with Crippen molar-refractivity contribution in [3.05, 3.63) is 108 Å². The summed E-state index contributed by atoms with van der Waals surface area (Å²) in [6, 6.07) is 24.8. The molecule has 658 valence electrons. The van der Waals surface area contributed by atoms with Crippen LogP contribution in [0.1, 0.15) is 224 Å². The minimum absolute atomic E-state index is 0.000383. The highest BCUT2D eigenvalue weighted by atomic mass is 16.6. The van der Waals surface area contributed by atoms with Crippen LogP contribution in [0.5, 0.6) is 0 Å². The average molecular weight is 1660 g/mol. The van der Waals surface area contributed by atoms with Gasteiger partial charge < -0.3 is 60.9 Å². The number of Topliss-reactive ketones (excluding diaryl/α,β-unsaturated/α-hetero) is 1. The third kappa shape index (κ3) is 34.9. The van der Waals surface area contributed by atoms with Crippen LogP contribution in [0, 0.1) is 17.3 Å². The molecule has 1 saturated carbocycles. The standard InChI is InChI=1S/C92H139N11O16/c1-61-54-100(57-80(107)117-90(10,11)12)47-48-101(58-81(108)118-91(13,14)15)55-62(2)103(60-88(4,5)6)50-49-102(61)56-78(105)93-45-27-26-36-75(99-87(114)115-59-73-71-33-23-21-31-69(71)70-32-22-24-34-72(70)73)83(110)95-53-64-37-41-67(42-38-64)82(109)96-77(52-65-39-40-66-29-19-20-30-68(66)51-65)84(111)94-46-28-25-35-74(63(3)104)97-86(113)98-76(85(112)119-92(16,17)18)43-44-79(106)116-89(7,8)9/h19-24,29-34,39-40,51,61-62,64,67,73-77H,25-28,35-38,41-50,52-60H2,1-18H3,(H,93,105)(H,94,111)(H,95,110)(H,96,109)(H,99,114)(H2,97,98,113)/t61?,62?,64?,67?,74-,75-,76-,77?/m0/s1. The van der Waals surface area contributed by atoms with E-state index in [9.17, 15) is 52.7 Å². The normalized spacial score (nSPS) is 18.6. The molecule has 7 amide bonds. The number of carbonyl (C=O) groups excluding carboxylic acids is 11. The molecule has 3 aliphatic rings. The van der Waals surface area contributed by atoms with Crippen molar-refractivity contribution in [2.24, 2.45) is 17.3 Å². The number of alkyl carbamates (subject to hydrolysis) is 1. The van der Waals surface area contributed by atoms with Crippen molar-refractivity contribution in [3.63, 3.8) is 0 Å². The summed E-state index contributed by atoms with van der Waals surface area (Å²) < 4.78 is 28.5. The zero-order valence-electron chi connectivity index (χ0n) is 74.3. The lowest BCUT2D eigenvalue weighted by Crippen LogP contribution is -2.55. The topological polar surface area (TPSA) is 331 Å². The number of fused-ring (bicyclic) bond motifs is 4. The highest BCUT2D eigenvalue weighted by molar-refractivity contribution is 5.91. The molecule has 2 aliphatic carbocycles. The van der Waals surface area contributed by atoms with Crippen LogP contribution in [0.25, 0.3) is 21.9 Å². The molecule has 0 radical (unpaired) electrons. The van der Waals surface area contributed by atoms with E-state index in [4.69, 9.17) is 23.7 Å². The number of hydrogen-bond acceptors (Lipinski definition) is 20. The molecule has 0 spiro atoms. The largest absolute Gasteiger partial charge is 0.460 e. The first kappa shape index (κ1) is 97.1. The SMILES string of the molecule is CC(=O)[C@H](CCCCNC(=O)C(Cc1ccc2ccccc2c1)NC(=O)C1CCC(CNC(=O)[C@H](CCCCNC(=O)CN2CCN(CC(C)(C)C)C(C)CN(CC(=O)OC(C)(C)C)CCN(CC(=O)OC(C)(C)C)CC2C)NC(=O)OCC2c3ccccc3-c3ccccc32)CC1)NC(=O)N[C@@H](CCC(=O)OC(C)(C)C)C(=O)OC(C)(C)C. The van der Waals surface area contributed by atoms with Crippen LogP contribution in [0.15, 0.2) is 91.0 Å². The summed E-state index contributed by atoms with van der Waals surface area (Å²) >= 11 is 0. The first-order chi connectivity index (χ1) is 55.8. The van der Waals surface area contributed by atoms with E-state index in [0.29, 0.717) is 97.2 Å². The van der Waals surface area contributed by atoms with Gasteiger partial charge in [-0.25, -0.2) is 14.4 Å². The van der Waals surface area contributed by atoms with Crippen molar-refractivity contribution in [2.45, 2.75) is 273 Å². The molecule has 4 aromatic rings. The minimum Gasteiger partial charge on any atom is -0.460 e. The van der Waals surface area contributed by atoms with Gasteiger partial charge in [-0.05, 0) is 224 Å². The van der Waals surface area contributed by atoms with E-state index in [0.717, 1.165) is 45.1 Å². The minimum atomic E-state index is -1.22. The van der Waals surface area contributed by atoms with Gasteiger partial charge in [0.2, 0.25) is 23.6 Å². The number of nitrogens with zero attached hydrogens (tertiary/aromatic N) is 4. The van der Waals surface area contributed by atoms with Crippen molar-refractivity contribution in [2.75, 3.05) is 91.7 Å². The molecule has 2 fully saturated rings. The summed E-state index contributed by atoms with van der Waals surface area (Å²) in [7, 11) is 0. The molecule has 119 heavy (non-hydrogen) atoms.